The summed E-state index contributed by atoms with van der Waals surface area (Å²) in [6, 6.07) is 6.89. The SMILES string of the molecule is COC(=O)CNC(=O)CNS(=O)(=O)Cc1ccccc1CN. The molecule has 0 saturated heterocycles. The smallest absolute Gasteiger partial charge is 0.325 e. The molecule has 0 radical (unpaired) electrons. The Morgan fingerprint density at radius 3 is 2.41 bits per heavy atom. The number of nitrogens with two attached hydrogens (primary N) is 1. The fraction of sp³-hybridized carbons (Fsp3) is 0.385. The van der Waals surface area contributed by atoms with Gasteiger partial charge < -0.3 is 15.8 Å². The van der Waals surface area contributed by atoms with Crippen molar-refractivity contribution < 1.29 is 22.7 Å². The number of ether oxygens (including phenoxy) is 1. The summed E-state index contributed by atoms with van der Waals surface area (Å²) in [4.78, 5) is 22.3. The topological polar surface area (TPSA) is 128 Å². The van der Waals surface area contributed by atoms with Crippen LogP contribution in [0.4, 0.5) is 0 Å². The van der Waals surface area contributed by atoms with Crippen LogP contribution in [0.25, 0.3) is 0 Å². The lowest BCUT2D eigenvalue weighted by atomic mass is 10.1. The van der Waals surface area contributed by atoms with E-state index in [1.807, 2.05) is 0 Å². The van der Waals surface area contributed by atoms with E-state index in [9.17, 15) is 18.0 Å². The summed E-state index contributed by atoms with van der Waals surface area (Å²) in [6.07, 6.45) is 0. The highest BCUT2D eigenvalue weighted by atomic mass is 32.2. The average molecular weight is 329 g/mol. The van der Waals surface area contributed by atoms with Gasteiger partial charge in [-0.15, -0.1) is 0 Å². The minimum absolute atomic E-state index is 0.227. The van der Waals surface area contributed by atoms with Crippen LogP contribution in [0.1, 0.15) is 11.1 Å². The fourth-order valence-corrected chi connectivity index (χ4v) is 2.78. The van der Waals surface area contributed by atoms with Crippen molar-refractivity contribution in [2.45, 2.75) is 12.3 Å². The highest BCUT2D eigenvalue weighted by Crippen LogP contribution is 2.11. The molecule has 0 heterocycles. The summed E-state index contributed by atoms with van der Waals surface area (Å²) in [5.41, 5.74) is 6.85. The second kappa shape index (κ2) is 8.47. The van der Waals surface area contributed by atoms with Crippen molar-refractivity contribution >= 4 is 21.9 Å². The standard InChI is InChI=1S/C13H19N3O5S/c1-21-13(18)8-15-12(17)7-16-22(19,20)9-11-5-3-2-4-10(11)6-14/h2-5,16H,6-9,14H2,1H3,(H,15,17). The molecule has 1 rings (SSSR count). The first kappa shape index (κ1) is 18.1. The maximum atomic E-state index is 11.9. The van der Waals surface area contributed by atoms with Crippen LogP contribution in [0.3, 0.4) is 0 Å². The van der Waals surface area contributed by atoms with Crippen LogP contribution in [0, 0.1) is 0 Å². The van der Waals surface area contributed by atoms with Gasteiger partial charge in [0.2, 0.25) is 15.9 Å². The number of amides is 1. The predicted molar refractivity (Wildman–Crippen MR) is 80.0 cm³/mol. The maximum Gasteiger partial charge on any atom is 0.325 e. The Hall–Kier alpha value is -1.97. The summed E-state index contributed by atoms with van der Waals surface area (Å²) in [6.45, 7) is -0.539. The van der Waals surface area contributed by atoms with Crippen LogP contribution in [0.2, 0.25) is 0 Å². The van der Waals surface area contributed by atoms with E-state index >= 15 is 0 Å². The largest absolute Gasteiger partial charge is 0.468 e. The molecule has 4 N–H and O–H groups in total. The normalized spacial score (nSPS) is 11.0. The van der Waals surface area contributed by atoms with E-state index < -0.39 is 28.4 Å². The molecule has 1 aromatic rings. The molecule has 0 bridgehead atoms. The number of hydrogen-bond acceptors (Lipinski definition) is 6. The van der Waals surface area contributed by atoms with Crippen molar-refractivity contribution in [3.8, 4) is 0 Å². The zero-order valence-corrected chi connectivity index (χ0v) is 13.0. The Balaban J connectivity index is 2.54. The Morgan fingerprint density at radius 2 is 1.82 bits per heavy atom. The number of nitrogens with one attached hydrogen (secondary N) is 2. The van der Waals surface area contributed by atoms with E-state index in [4.69, 9.17) is 5.73 Å². The van der Waals surface area contributed by atoms with Crippen molar-refractivity contribution in [1.82, 2.24) is 10.0 Å². The van der Waals surface area contributed by atoms with Crippen molar-refractivity contribution in [2.24, 2.45) is 5.73 Å². The molecular weight excluding hydrogens is 310 g/mol. The van der Waals surface area contributed by atoms with Crippen LogP contribution in [-0.4, -0.2) is 40.5 Å². The van der Waals surface area contributed by atoms with Crippen LogP contribution in [0.5, 0.6) is 0 Å². The molecule has 0 atom stereocenters. The molecule has 0 aliphatic carbocycles. The first-order valence-electron chi connectivity index (χ1n) is 6.45. The van der Waals surface area contributed by atoms with Crippen LogP contribution < -0.4 is 15.8 Å². The van der Waals surface area contributed by atoms with Gasteiger partial charge in [-0.25, -0.2) is 13.1 Å². The van der Waals surface area contributed by atoms with Gasteiger partial charge in [-0.2, -0.15) is 0 Å². The molecule has 0 unspecified atom stereocenters. The van der Waals surface area contributed by atoms with Crippen molar-refractivity contribution in [2.75, 3.05) is 20.2 Å². The van der Waals surface area contributed by atoms with E-state index in [1.165, 1.54) is 7.11 Å². The van der Waals surface area contributed by atoms with Crippen LogP contribution >= 0.6 is 0 Å². The number of hydrogen-bond donors (Lipinski definition) is 3. The Morgan fingerprint density at radius 1 is 1.18 bits per heavy atom. The third-order valence-electron chi connectivity index (χ3n) is 2.79. The number of sulfonamides is 1. The number of carbonyl (C=O) groups is 2. The van der Waals surface area contributed by atoms with Gasteiger partial charge in [-0.05, 0) is 11.1 Å². The highest BCUT2D eigenvalue weighted by molar-refractivity contribution is 7.88. The predicted octanol–water partition coefficient (Wildman–Crippen LogP) is -1.15. The molecule has 0 spiro atoms. The van der Waals surface area contributed by atoms with Gasteiger partial charge >= 0.3 is 5.97 Å². The maximum absolute atomic E-state index is 11.9. The molecule has 0 fully saturated rings. The lowest BCUT2D eigenvalue weighted by molar-refractivity contribution is -0.141. The molecule has 0 aromatic heterocycles. The summed E-state index contributed by atoms with van der Waals surface area (Å²) in [7, 11) is -2.50. The van der Waals surface area contributed by atoms with E-state index in [1.54, 1.807) is 24.3 Å². The van der Waals surface area contributed by atoms with Crippen LogP contribution in [0.15, 0.2) is 24.3 Å². The Labute approximate surface area is 129 Å². The Bertz CT molecular complexity index is 630. The quantitative estimate of drug-likeness (QED) is 0.517. The highest BCUT2D eigenvalue weighted by Gasteiger charge is 2.15. The number of benzene rings is 1. The monoisotopic (exact) mass is 329 g/mol. The Kier molecular flexibility index (Phi) is 6.96. The van der Waals surface area contributed by atoms with E-state index in [0.717, 1.165) is 5.56 Å². The molecule has 0 aliphatic heterocycles. The molecule has 122 valence electrons. The minimum atomic E-state index is -3.69. The third kappa shape index (κ3) is 6.20. The first-order valence-corrected chi connectivity index (χ1v) is 8.11. The number of rotatable bonds is 8. The molecular formula is C13H19N3O5S. The summed E-state index contributed by atoms with van der Waals surface area (Å²) >= 11 is 0. The number of carbonyl (C=O) groups excluding carboxylic acids is 2. The third-order valence-corrected chi connectivity index (χ3v) is 4.07. The lowest BCUT2D eigenvalue weighted by Crippen LogP contribution is -2.39. The van der Waals surface area contributed by atoms with Crippen molar-refractivity contribution in [1.29, 1.82) is 0 Å². The number of esters is 1. The summed E-state index contributed by atoms with van der Waals surface area (Å²) < 4.78 is 30.4. The lowest BCUT2D eigenvalue weighted by Gasteiger charge is -2.10. The van der Waals surface area contributed by atoms with Crippen molar-refractivity contribution in [3.63, 3.8) is 0 Å². The van der Waals surface area contributed by atoms with Gasteiger partial charge in [0.1, 0.15) is 6.54 Å². The zero-order valence-electron chi connectivity index (χ0n) is 12.2. The van der Waals surface area contributed by atoms with Gasteiger partial charge in [-0.1, -0.05) is 24.3 Å². The molecule has 8 nitrogen and oxygen atoms in total. The summed E-state index contributed by atoms with van der Waals surface area (Å²) in [5, 5.41) is 2.23. The molecule has 1 amide bonds. The first-order chi connectivity index (χ1) is 10.4. The molecule has 22 heavy (non-hydrogen) atoms. The minimum Gasteiger partial charge on any atom is -0.468 e. The zero-order chi connectivity index (χ0) is 16.6. The van der Waals surface area contributed by atoms with Gasteiger partial charge in [-0.3, -0.25) is 9.59 Å². The van der Waals surface area contributed by atoms with Gasteiger partial charge in [0.25, 0.3) is 0 Å². The average Bonchev–Trinajstić information content (AvgIpc) is 2.50. The summed E-state index contributed by atoms with van der Waals surface area (Å²) in [5.74, 6) is -1.51. The van der Waals surface area contributed by atoms with E-state index in [2.05, 4.69) is 14.8 Å². The van der Waals surface area contributed by atoms with Gasteiger partial charge in [0, 0.05) is 6.54 Å². The molecule has 1 aromatic carbocycles. The van der Waals surface area contributed by atoms with Crippen molar-refractivity contribution in [3.05, 3.63) is 35.4 Å². The van der Waals surface area contributed by atoms with E-state index in [0.29, 0.717) is 5.56 Å². The molecule has 0 aliphatic rings. The molecule has 0 saturated carbocycles. The fourth-order valence-electron chi connectivity index (χ4n) is 1.63. The van der Waals surface area contributed by atoms with Gasteiger partial charge in [0.05, 0.1) is 19.4 Å². The van der Waals surface area contributed by atoms with Gasteiger partial charge in [0.15, 0.2) is 0 Å². The van der Waals surface area contributed by atoms with Crippen LogP contribution in [-0.2, 0) is 36.6 Å². The second-order valence-corrected chi connectivity index (χ2v) is 6.21. The number of methoxy groups -OCH3 is 1. The van der Waals surface area contributed by atoms with E-state index in [-0.39, 0.29) is 18.8 Å². The second-order valence-electron chi connectivity index (χ2n) is 4.41. The molecule has 9 heteroatoms.